The van der Waals surface area contributed by atoms with E-state index in [9.17, 15) is 5.11 Å². The highest BCUT2D eigenvalue weighted by molar-refractivity contribution is 5.34. The van der Waals surface area contributed by atoms with Gasteiger partial charge in [-0.15, -0.1) is 0 Å². The number of benzene rings is 1. The second-order valence-corrected chi connectivity index (χ2v) is 5.52. The number of aryl methyl sites for hydroxylation is 2. The fraction of sp³-hybridized carbons (Fsp3) is 0.471. The number of aromatic nitrogens is 2. The van der Waals surface area contributed by atoms with Crippen molar-refractivity contribution in [1.29, 1.82) is 0 Å². The van der Waals surface area contributed by atoms with Crippen LogP contribution in [-0.4, -0.2) is 21.0 Å². The smallest absolute Gasteiger partial charge is 0.121 e. The van der Waals surface area contributed by atoms with Crippen molar-refractivity contribution in [2.45, 2.75) is 51.9 Å². The lowest BCUT2D eigenvalue weighted by Gasteiger charge is -2.14. The third kappa shape index (κ3) is 3.10. The molecule has 1 aromatic heterocycles. The van der Waals surface area contributed by atoms with Crippen LogP contribution in [0.4, 0.5) is 0 Å². The molecule has 1 heterocycles. The van der Waals surface area contributed by atoms with Crippen LogP contribution in [0.1, 0.15) is 49.7 Å². The minimum absolute atomic E-state index is 0.366. The Morgan fingerprint density at radius 3 is 2.81 bits per heavy atom. The van der Waals surface area contributed by atoms with Gasteiger partial charge in [0.05, 0.1) is 17.5 Å². The molecular weight excluding hydrogens is 264 g/mol. The van der Waals surface area contributed by atoms with Crippen molar-refractivity contribution in [3.05, 3.63) is 47.3 Å². The fourth-order valence-corrected chi connectivity index (χ4v) is 2.44. The maximum absolute atomic E-state index is 10.7. The molecular formula is C17H22N2O2. The average Bonchev–Trinajstić information content (AvgIpc) is 3.22. The lowest BCUT2D eigenvalue weighted by molar-refractivity contribution is 0.207. The zero-order valence-electron chi connectivity index (χ0n) is 12.6. The van der Waals surface area contributed by atoms with Crippen LogP contribution in [0.3, 0.4) is 0 Å². The van der Waals surface area contributed by atoms with E-state index >= 15 is 0 Å². The molecule has 4 heteroatoms. The van der Waals surface area contributed by atoms with Gasteiger partial charge in [-0.25, -0.2) is 0 Å². The summed E-state index contributed by atoms with van der Waals surface area (Å²) in [4.78, 5) is 0. The first-order valence-electron chi connectivity index (χ1n) is 7.72. The Bertz CT molecular complexity index is 617. The van der Waals surface area contributed by atoms with Gasteiger partial charge in [-0.05, 0) is 49.9 Å². The van der Waals surface area contributed by atoms with Crippen LogP contribution in [0.25, 0.3) is 0 Å². The summed E-state index contributed by atoms with van der Waals surface area (Å²) in [5.41, 5.74) is 2.71. The SMILES string of the molecule is CCc1cc(C(O)c2cccc(OC3CC3)c2)n(CC)n1. The van der Waals surface area contributed by atoms with E-state index in [1.165, 1.54) is 0 Å². The third-order valence-corrected chi connectivity index (χ3v) is 3.80. The quantitative estimate of drug-likeness (QED) is 0.887. The molecule has 0 radical (unpaired) electrons. The Labute approximate surface area is 125 Å². The molecule has 0 spiro atoms. The predicted octanol–water partition coefficient (Wildman–Crippen LogP) is 3.09. The number of nitrogens with zero attached hydrogens (tertiary/aromatic N) is 2. The first-order valence-corrected chi connectivity index (χ1v) is 7.72. The lowest BCUT2D eigenvalue weighted by Crippen LogP contribution is -2.09. The second-order valence-electron chi connectivity index (χ2n) is 5.52. The monoisotopic (exact) mass is 286 g/mol. The van der Waals surface area contributed by atoms with Gasteiger partial charge in [0, 0.05) is 6.54 Å². The Hall–Kier alpha value is -1.81. The molecule has 4 nitrogen and oxygen atoms in total. The van der Waals surface area contributed by atoms with Crippen LogP contribution in [-0.2, 0) is 13.0 Å². The number of ether oxygens (including phenoxy) is 1. The first kappa shape index (κ1) is 14.1. The van der Waals surface area contributed by atoms with Gasteiger partial charge in [0.1, 0.15) is 11.9 Å². The summed E-state index contributed by atoms with van der Waals surface area (Å²) in [5.74, 6) is 0.840. The van der Waals surface area contributed by atoms with Gasteiger partial charge < -0.3 is 9.84 Å². The zero-order valence-corrected chi connectivity index (χ0v) is 12.6. The van der Waals surface area contributed by atoms with Gasteiger partial charge in [0.25, 0.3) is 0 Å². The summed E-state index contributed by atoms with van der Waals surface area (Å²) in [6.07, 6.45) is 2.84. The molecule has 1 fully saturated rings. The van der Waals surface area contributed by atoms with Crippen molar-refractivity contribution in [3.8, 4) is 5.75 Å². The summed E-state index contributed by atoms with van der Waals surface area (Å²) in [6, 6.07) is 9.74. The predicted molar refractivity (Wildman–Crippen MR) is 81.4 cm³/mol. The van der Waals surface area contributed by atoms with Crippen molar-refractivity contribution < 1.29 is 9.84 Å². The maximum Gasteiger partial charge on any atom is 0.121 e. The molecule has 1 aromatic carbocycles. The van der Waals surface area contributed by atoms with E-state index in [1.807, 2.05) is 41.9 Å². The van der Waals surface area contributed by atoms with E-state index < -0.39 is 6.10 Å². The Morgan fingerprint density at radius 1 is 1.33 bits per heavy atom. The Kier molecular flexibility index (Phi) is 3.97. The molecule has 1 unspecified atom stereocenters. The summed E-state index contributed by atoms with van der Waals surface area (Å²) in [5, 5.41) is 15.2. The minimum Gasteiger partial charge on any atom is -0.490 e. The largest absolute Gasteiger partial charge is 0.490 e. The zero-order chi connectivity index (χ0) is 14.8. The summed E-state index contributed by atoms with van der Waals surface area (Å²) in [7, 11) is 0. The molecule has 1 N–H and O–H groups in total. The van der Waals surface area contributed by atoms with Crippen LogP contribution in [0, 0.1) is 0 Å². The van der Waals surface area contributed by atoms with Crippen molar-refractivity contribution in [3.63, 3.8) is 0 Å². The van der Waals surface area contributed by atoms with Gasteiger partial charge in [-0.2, -0.15) is 5.10 Å². The number of hydrogen-bond donors (Lipinski definition) is 1. The van der Waals surface area contributed by atoms with E-state index in [0.717, 1.165) is 48.5 Å². The molecule has 0 aliphatic heterocycles. The van der Waals surface area contributed by atoms with Crippen molar-refractivity contribution in [2.24, 2.45) is 0 Å². The normalized spacial score (nSPS) is 16.0. The van der Waals surface area contributed by atoms with Crippen LogP contribution < -0.4 is 4.74 Å². The highest BCUT2D eigenvalue weighted by Crippen LogP contribution is 2.30. The van der Waals surface area contributed by atoms with Crippen molar-refractivity contribution in [2.75, 3.05) is 0 Å². The fourth-order valence-electron chi connectivity index (χ4n) is 2.44. The molecule has 0 bridgehead atoms. The number of aliphatic hydroxyl groups is 1. The maximum atomic E-state index is 10.7. The molecule has 112 valence electrons. The Balaban J connectivity index is 1.86. The van der Waals surface area contributed by atoms with Crippen LogP contribution >= 0.6 is 0 Å². The summed E-state index contributed by atoms with van der Waals surface area (Å²) < 4.78 is 7.67. The molecule has 3 rings (SSSR count). The number of hydrogen-bond acceptors (Lipinski definition) is 3. The van der Waals surface area contributed by atoms with Gasteiger partial charge in [0.2, 0.25) is 0 Å². The van der Waals surface area contributed by atoms with Crippen LogP contribution in [0.5, 0.6) is 5.75 Å². The van der Waals surface area contributed by atoms with Crippen LogP contribution in [0.2, 0.25) is 0 Å². The van der Waals surface area contributed by atoms with Gasteiger partial charge in [-0.3, -0.25) is 4.68 Å². The molecule has 1 aliphatic carbocycles. The van der Waals surface area contributed by atoms with Crippen LogP contribution in [0.15, 0.2) is 30.3 Å². The molecule has 1 aliphatic rings. The summed E-state index contributed by atoms with van der Waals surface area (Å²) >= 11 is 0. The number of aliphatic hydroxyl groups excluding tert-OH is 1. The van der Waals surface area contributed by atoms with Crippen molar-refractivity contribution >= 4 is 0 Å². The highest BCUT2D eigenvalue weighted by atomic mass is 16.5. The minimum atomic E-state index is -0.666. The van der Waals surface area contributed by atoms with Crippen molar-refractivity contribution in [1.82, 2.24) is 9.78 Å². The molecule has 0 amide bonds. The third-order valence-electron chi connectivity index (χ3n) is 3.80. The van der Waals surface area contributed by atoms with E-state index in [1.54, 1.807) is 0 Å². The van der Waals surface area contributed by atoms with Gasteiger partial charge >= 0.3 is 0 Å². The van der Waals surface area contributed by atoms with E-state index in [-0.39, 0.29) is 0 Å². The topological polar surface area (TPSA) is 47.3 Å². The highest BCUT2D eigenvalue weighted by Gasteiger charge is 2.24. The second kappa shape index (κ2) is 5.90. The number of rotatable bonds is 6. The summed E-state index contributed by atoms with van der Waals surface area (Å²) in [6.45, 7) is 4.86. The molecule has 1 saturated carbocycles. The molecule has 1 atom stereocenters. The van der Waals surface area contributed by atoms with Gasteiger partial charge in [0.15, 0.2) is 0 Å². The lowest BCUT2D eigenvalue weighted by atomic mass is 10.1. The standard InChI is InChI=1S/C17H22N2O2/c1-3-13-11-16(19(4-2)18-13)17(20)12-6-5-7-15(10-12)21-14-8-9-14/h5-7,10-11,14,17,20H,3-4,8-9H2,1-2H3. The van der Waals surface area contributed by atoms with E-state index in [0.29, 0.717) is 6.10 Å². The van der Waals surface area contributed by atoms with E-state index in [4.69, 9.17) is 4.74 Å². The average molecular weight is 286 g/mol. The van der Waals surface area contributed by atoms with Gasteiger partial charge in [-0.1, -0.05) is 19.1 Å². The van der Waals surface area contributed by atoms with E-state index in [2.05, 4.69) is 12.0 Å². The Morgan fingerprint density at radius 2 is 2.14 bits per heavy atom. The molecule has 0 saturated heterocycles. The first-order chi connectivity index (χ1) is 10.2. The molecule has 2 aromatic rings. The molecule has 21 heavy (non-hydrogen) atoms.